The number of hydrogen-bond donors (Lipinski definition) is 0. The number of benzene rings is 1. The second-order valence-electron chi connectivity index (χ2n) is 6.14. The zero-order chi connectivity index (χ0) is 16.0. The fourth-order valence-electron chi connectivity index (χ4n) is 3.78. The number of ether oxygens (including phenoxy) is 1. The first-order valence-corrected chi connectivity index (χ1v) is 7.64. The first-order valence-electron chi connectivity index (χ1n) is 7.64. The molecule has 116 valence electrons. The Kier molecular flexibility index (Phi) is 3.15. The molecule has 0 saturated heterocycles. The topological polar surface area (TPSA) is 69.4 Å². The Labute approximate surface area is 133 Å². The van der Waals surface area contributed by atoms with Crippen molar-refractivity contribution in [1.29, 1.82) is 0 Å². The third-order valence-corrected chi connectivity index (χ3v) is 4.90. The van der Waals surface area contributed by atoms with Crippen LogP contribution in [0.4, 0.5) is 5.69 Å². The summed E-state index contributed by atoms with van der Waals surface area (Å²) in [4.78, 5) is 22.5. The monoisotopic (exact) mass is 309 g/mol. The summed E-state index contributed by atoms with van der Waals surface area (Å²) < 4.78 is 5.64. The highest BCUT2D eigenvalue weighted by Crippen LogP contribution is 2.47. The molecule has 0 spiro atoms. The molecular formula is C18H15NO4. The standard InChI is InChI=1S/C18H15NO4/c20-18(13-3-7-14(8-4-13)19(21)22)23-16-10-6-12-2-1-11-5-9-15(16)17(11)12/h1-12,15-17H/t11-,12-,15-,16-,17+/m1/s1. The van der Waals surface area contributed by atoms with E-state index in [4.69, 9.17) is 4.74 Å². The van der Waals surface area contributed by atoms with Gasteiger partial charge in [0, 0.05) is 18.1 Å². The van der Waals surface area contributed by atoms with E-state index in [9.17, 15) is 14.9 Å². The van der Waals surface area contributed by atoms with Gasteiger partial charge >= 0.3 is 5.97 Å². The van der Waals surface area contributed by atoms with Crippen molar-refractivity contribution >= 4 is 11.7 Å². The van der Waals surface area contributed by atoms with E-state index in [1.807, 2.05) is 6.08 Å². The summed E-state index contributed by atoms with van der Waals surface area (Å²) in [6.45, 7) is 0. The maximum atomic E-state index is 12.3. The van der Waals surface area contributed by atoms with E-state index in [0.29, 0.717) is 23.3 Å². The van der Waals surface area contributed by atoms with E-state index in [-0.39, 0.29) is 17.7 Å². The van der Waals surface area contributed by atoms with Crippen molar-refractivity contribution in [3.63, 3.8) is 0 Å². The maximum absolute atomic E-state index is 12.3. The molecule has 3 aliphatic carbocycles. The molecule has 0 fully saturated rings. The lowest BCUT2D eigenvalue weighted by atomic mass is 9.76. The highest BCUT2D eigenvalue weighted by Gasteiger charge is 2.44. The molecule has 0 aromatic heterocycles. The largest absolute Gasteiger partial charge is 0.454 e. The molecule has 0 bridgehead atoms. The number of non-ortho nitro benzene ring substituents is 1. The minimum atomic E-state index is -0.490. The predicted octanol–water partition coefficient (Wildman–Crippen LogP) is 3.29. The minimum Gasteiger partial charge on any atom is -0.454 e. The van der Waals surface area contributed by atoms with Crippen molar-refractivity contribution in [1.82, 2.24) is 0 Å². The highest BCUT2D eigenvalue weighted by atomic mass is 16.6. The van der Waals surface area contributed by atoms with Crippen molar-refractivity contribution in [2.45, 2.75) is 6.10 Å². The van der Waals surface area contributed by atoms with Crippen molar-refractivity contribution in [2.24, 2.45) is 23.7 Å². The number of carbonyl (C=O) groups excluding carboxylic acids is 1. The summed E-state index contributed by atoms with van der Waals surface area (Å²) in [6.07, 6.45) is 12.6. The van der Waals surface area contributed by atoms with Crippen LogP contribution in [-0.2, 0) is 4.74 Å². The first-order chi connectivity index (χ1) is 11.1. The van der Waals surface area contributed by atoms with Crippen LogP contribution in [0.3, 0.4) is 0 Å². The maximum Gasteiger partial charge on any atom is 0.338 e. The molecule has 5 nitrogen and oxygen atoms in total. The zero-order valence-corrected chi connectivity index (χ0v) is 12.2. The molecule has 0 heterocycles. The van der Waals surface area contributed by atoms with Crippen LogP contribution in [0, 0.1) is 33.8 Å². The number of esters is 1. The van der Waals surface area contributed by atoms with Crippen LogP contribution in [0.2, 0.25) is 0 Å². The molecule has 23 heavy (non-hydrogen) atoms. The quantitative estimate of drug-likeness (QED) is 0.372. The van der Waals surface area contributed by atoms with Crippen molar-refractivity contribution in [3.05, 3.63) is 76.4 Å². The van der Waals surface area contributed by atoms with E-state index in [2.05, 4.69) is 30.4 Å². The smallest absolute Gasteiger partial charge is 0.338 e. The lowest BCUT2D eigenvalue weighted by Crippen LogP contribution is -2.34. The average Bonchev–Trinajstić information content (AvgIpc) is 3.16. The third kappa shape index (κ3) is 2.29. The molecule has 1 aromatic rings. The van der Waals surface area contributed by atoms with Crippen LogP contribution in [0.15, 0.2) is 60.7 Å². The van der Waals surface area contributed by atoms with Crippen LogP contribution in [0.5, 0.6) is 0 Å². The predicted molar refractivity (Wildman–Crippen MR) is 83.7 cm³/mol. The van der Waals surface area contributed by atoms with Crippen molar-refractivity contribution in [2.75, 3.05) is 0 Å². The first kappa shape index (κ1) is 13.9. The van der Waals surface area contributed by atoms with Gasteiger partial charge in [0.15, 0.2) is 0 Å². The van der Waals surface area contributed by atoms with Gasteiger partial charge in [0.2, 0.25) is 0 Å². The summed E-state index contributed by atoms with van der Waals surface area (Å²) in [5.74, 6) is 1.07. The summed E-state index contributed by atoms with van der Waals surface area (Å²) in [7, 11) is 0. The molecule has 3 aliphatic rings. The zero-order valence-electron chi connectivity index (χ0n) is 12.2. The molecule has 5 atom stereocenters. The Morgan fingerprint density at radius 1 is 0.957 bits per heavy atom. The minimum absolute atomic E-state index is 0.0412. The van der Waals surface area contributed by atoms with E-state index in [0.717, 1.165) is 0 Å². The fourth-order valence-corrected chi connectivity index (χ4v) is 3.78. The molecule has 0 aliphatic heterocycles. The summed E-state index contributed by atoms with van der Waals surface area (Å²) >= 11 is 0. The summed E-state index contributed by atoms with van der Waals surface area (Å²) in [5.41, 5.74) is 0.287. The van der Waals surface area contributed by atoms with Crippen LogP contribution in [-0.4, -0.2) is 17.0 Å². The Morgan fingerprint density at radius 2 is 1.57 bits per heavy atom. The van der Waals surface area contributed by atoms with Crippen LogP contribution < -0.4 is 0 Å². The van der Waals surface area contributed by atoms with Gasteiger partial charge in [-0.3, -0.25) is 10.1 Å². The fraction of sp³-hybridized carbons (Fsp3) is 0.278. The number of nitrogens with zero attached hydrogens (tertiary/aromatic N) is 1. The Balaban J connectivity index is 1.50. The Bertz CT molecular complexity index is 747. The number of nitro benzene ring substituents is 1. The molecular weight excluding hydrogens is 294 g/mol. The Hall–Kier alpha value is -2.69. The normalized spacial score (nSPS) is 32.8. The van der Waals surface area contributed by atoms with Gasteiger partial charge in [-0.15, -0.1) is 0 Å². The molecule has 4 rings (SSSR count). The Morgan fingerprint density at radius 3 is 2.22 bits per heavy atom. The molecule has 1 aromatic carbocycles. The van der Waals surface area contributed by atoms with Gasteiger partial charge in [-0.1, -0.05) is 30.4 Å². The van der Waals surface area contributed by atoms with Crippen LogP contribution in [0.1, 0.15) is 10.4 Å². The number of nitro groups is 1. The number of carbonyl (C=O) groups is 1. The van der Waals surface area contributed by atoms with Crippen molar-refractivity contribution in [3.8, 4) is 0 Å². The lowest BCUT2D eigenvalue weighted by molar-refractivity contribution is -0.384. The average molecular weight is 309 g/mol. The van der Waals surface area contributed by atoms with E-state index in [1.54, 1.807) is 0 Å². The van der Waals surface area contributed by atoms with Crippen molar-refractivity contribution < 1.29 is 14.5 Å². The van der Waals surface area contributed by atoms with Gasteiger partial charge in [0.05, 0.1) is 10.5 Å². The SMILES string of the molecule is O=C(O[C@@H]1C=C[C@H]2C=C[C@@H]3C=C[C@H]1[C@@H]32)c1ccc([N+](=O)[O-])cc1. The van der Waals surface area contributed by atoms with E-state index >= 15 is 0 Å². The van der Waals surface area contributed by atoms with Crippen LogP contribution in [0.25, 0.3) is 0 Å². The third-order valence-electron chi connectivity index (χ3n) is 4.90. The molecule has 0 N–H and O–H groups in total. The van der Waals surface area contributed by atoms with E-state index < -0.39 is 10.9 Å². The number of hydrogen-bond acceptors (Lipinski definition) is 4. The summed E-state index contributed by atoms with van der Waals surface area (Å²) in [5, 5.41) is 10.7. The summed E-state index contributed by atoms with van der Waals surface area (Å²) in [6, 6.07) is 5.49. The van der Waals surface area contributed by atoms with Crippen LogP contribution >= 0.6 is 0 Å². The van der Waals surface area contributed by atoms with Gasteiger partial charge in [-0.25, -0.2) is 4.79 Å². The van der Waals surface area contributed by atoms with Gasteiger partial charge in [-0.05, 0) is 36.0 Å². The molecule has 0 saturated carbocycles. The second kappa shape index (κ2) is 5.19. The number of allylic oxidation sites excluding steroid dienone is 4. The van der Waals surface area contributed by atoms with Gasteiger partial charge in [0.25, 0.3) is 5.69 Å². The van der Waals surface area contributed by atoms with Gasteiger partial charge in [-0.2, -0.15) is 0 Å². The molecule has 5 heteroatoms. The molecule has 0 unspecified atom stereocenters. The number of rotatable bonds is 3. The molecule has 0 amide bonds. The lowest BCUT2D eigenvalue weighted by Gasteiger charge is -2.33. The second-order valence-corrected chi connectivity index (χ2v) is 6.14. The van der Waals surface area contributed by atoms with Gasteiger partial charge < -0.3 is 4.74 Å². The van der Waals surface area contributed by atoms with E-state index in [1.165, 1.54) is 24.3 Å². The molecule has 0 radical (unpaired) electrons. The van der Waals surface area contributed by atoms with Gasteiger partial charge in [0.1, 0.15) is 6.10 Å². The highest BCUT2D eigenvalue weighted by molar-refractivity contribution is 5.89.